The third-order valence-corrected chi connectivity index (χ3v) is 3.77. The van der Waals surface area contributed by atoms with Crippen LogP contribution < -0.4 is 0 Å². The third-order valence-electron chi connectivity index (χ3n) is 2.29. The largest absolute Gasteiger partial charge is 0.147 e. The second-order valence-electron chi connectivity index (χ2n) is 3.22. The van der Waals surface area contributed by atoms with Crippen molar-refractivity contribution in [1.82, 2.24) is 0 Å². The van der Waals surface area contributed by atoms with Crippen molar-refractivity contribution >= 4 is 11.8 Å². The minimum Gasteiger partial charge on any atom is -0.147 e. The van der Waals surface area contributed by atoms with Crippen molar-refractivity contribution in [2.75, 3.05) is 0 Å². The van der Waals surface area contributed by atoms with E-state index in [1.54, 1.807) is 0 Å². The van der Waals surface area contributed by atoms with E-state index in [2.05, 4.69) is 36.1 Å². The SMILES string of the molecule is C1=CC(SC2C=CCC2)CC1. The molecule has 0 aromatic carbocycles. The first-order valence-electron chi connectivity index (χ1n) is 4.44. The summed E-state index contributed by atoms with van der Waals surface area (Å²) in [5, 5.41) is 1.64. The Morgan fingerprint density at radius 1 is 0.909 bits per heavy atom. The van der Waals surface area contributed by atoms with Gasteiger partial charge in [0.25, 0.3) is 0 Å². The van der Waals surface area contributed by atoms with Crippen molar-refractivity contribution in [1.29, 1.82) is 0 Å². The summed E-state index contributed by atoms with van der Waals surface area (Å²) in [6, 6.07) is 0. The molecule has 0 spiro atoms. The first-order chi connectivity index (χ1) is 5.45. The van der Waals surface area contributed by atoms with Crippen LogP contribution in [-0.4, -0.2) is 10.5 Å². The first kappa shape index (κ1) is 7.48. The van der Waals surface area contributed by atoms with Gasteiger partial charge in [-0.3, -0.25) is 0 Å². The summed E-state index contributed by atoms with van der Waals surface area (Å²) in [5.74, 6) is 0. The summed E-state index contributed by atoms with van der Waals surface area (Å²) >= 11 is 2.14. The van der Waals surface area contributed by atoms with Gasteiger partial charge in [0.2, 0.25) is 0 Å². The van der Waals surface area contributed by atoms with Gasteiger partial charge in [0.1, 0.15) is 0 Å². The summed E-state index contributed by atoms with van der Waals surface area (Å²) in [6.45, 7) is 0. The quantitative estimate of drug-likeness (QED) is 0.568. The maximum absolute atomic E-state index is 2.37. The van der Waals surface area contributed by atoms with Crippen molar-refractivity contribution in [2.24, 2.45) is 0 Å². The fourth-order valence-corrected chi connectivity index (χ4v) is 3.06. The molecule has 0 aliphatic heterocycles. The van der Waals surface area contributed by atoms with Gasteiger partial charge < -0.3 is 0 Å². The molecule has 0 saturated carbocycles. The van der Waals surface area contributed by atoms with Crippen molar-refractivity contribution in [3.8, 4) is 0 Å². The molecular formula is C10H14S. The molecule has 0 aromatic heterocycles. The number of hydrogen-bond acceptors (Lipinski definition) is 1. The van der Waals surface area contributed by atoms with E-state index in [1.807, 2.05) is 0 Å². The van der Waals surface area contributed by atoms with Crippen LogP contribution in [0.25, 0.3) is 0 Å². The number of allylic oxidation sites excluding steroid dienone is 2. The van der Waals surface area contributed by atoms with Crippen molar-refractivity contribution in [3.63, 3.8) is 0 Å². The lowest BCUT2D eigenvalue weighted by Crippen LogP contribution is -2.01. The average molecular weight is 166 g/mol. The second-order valence-corrected chi connectivity index (χ2v) is 4.71. The van der Waals surface area contributed by atoms with Gasteiger partial charge in [-0.1, -0.05) is 24.3 Å². The lowest BCUT2D eigenvalue weighted by atomic mass is 10.3. The zero-order chi connectivity index (χ0) is 7.52. The molecule has 0 bridgehead atoms. The molecule has 0 saturated heterocycles. The second kappa shape index (κ2) is 3.48. The Labute approximate surface area is 72.8 Å². The summed E-state index contributed by atoms with van der Waals surface area (Å²) in [7, 11) is 0. The van der Waals surface area contributed by atoms with Crippen LogP contribution in [0.1, 0.15) is 25.7 Å². The van der Waals surface area contributed by atoms with E-state index < -0.39 is 0 Å². The van der Waals surface area contributed by atoms with Crippen LogP contribution in [0.5, 0.6) is 0 Å². The topological polar surface area (TPSA) is 0 Å². The molecule has 2 unspecified atom stereocenters. The molecule has 1 heteroatoms. The van der Waals surface area contributed by atoms with Crippen LogP contribution in [0.3, 0.4) is 0 Å². The van der Waals surface area contributed by atoms with Crippen LogP contribution in [-0.2, 0) is 0 Å². The molecule has 2 rings (SSSR count). The summed E-state index contributed by atoms with van der Waals surface area (Å²) in [5.41, 5.74) is 0. The minimum atomic E-state index is 0.822. The molecule has 0 radical (unpaired) electrons. The van der Waals surface area contributed by atoms with E-state index >= 15 is 0 Å². The fraction of sp³-hybridized carbons (Fsp3) is 0.600. The Morgan fingerprint density at radius 2 is 1.45 bits per heavy atom. The molecule has 0 N–H and O–H groups in total. The molecular weight excluding hydrogens is 152 g/mol. The lowest BCUT2D eigenvalue weighted by molar-refractivity contribution is 0.910. The third kappa shape index (κ3) is 1.90. The van der Waals surface area contributed by atoms with Crippen molar-refractivity contribution < 1.29 is 0 Å². The summed E-state index contributed by atoms with van der Waals surface area (Å²) in [4.78, 5) is 0. The van der Waals surface area contributed by atoms with Crippen molar-refractivity contribution in [3.05, 3.63) is 24.3 Å². The maximum Gasteiger partial charge on any atom is 0.0235 e. The van der Waals surface area contributed by atoms with Crippen molar-refractivity contribution in [2.45, 2.75) is 36.2 Å². The van der Waals surface area contributed by atoms with Crippen LogP contribution in [0.2, 0.25) is 0 Å². The minimum absolute atomic E-state index is 0.822. The zero-order valence-electron chi connectivity index (χ0n) is 6.70. The summed E-state index contributed by atoms with van der Waals surface area (Å²) < 4.78 is 0. The molecule has 2 aliphatic carbocycles. The molecule has 0 heterocycles. The van der Waals surface area contributed by atoms with E-state index in [1.165, 1.54) is 25.7 Å². The van der Waals surface area contributed by atoms with Gasteiger partial charge in [0.05, 0.1) is 0 Å². The highest BCUT2D eigenvalue weighted by Gasteiger charge is 2.16. The van der Waals surface area contributed by atoms with Crippen LogP contribution in [0.4, 0.5) is 0 Å². The monoisotopic (exact) mass is 166 g/mol. The zero-order valence-corrected chi connectivity index (χ0v) is 7.52. The molecule has 11 heavy (non-hydrogen) atoms. The van der Waals surface area contributed by atoms with Crippen LogP contribution in [0.15, 0.2) is 24.3 Å². The Bertz CT molecular complexity index is 161. The van der Waals surface area contributed by atoms with Gasteiger partial charge in [0, 0.05) is 10.5 Å². The van der Waals surface area contributed by atoms with E-state index in [0.29, 0.717) is 0 Å². The van der Waals surface area contributed by atoms with Gasteiger partial charge in [-0.05, 0) is 25.7 Å². The van der Waals surface area contributed by atoms with E-state index in [-0.39, 0.29) is 0 Å². The summed E-state index contributed by atoms with van der Waals surface area (Å²) in [6.07, 6.45) is 14.7. The first-order valence-corrected chi connectivity index (χ1v) is 5.38. The van der Waals surface area contributed by atoms with Crippen LogP contribution in [0, 0.1) is 0 Å². The highest BCUT2D eigenvalue weighted by Crippen LogP contribution is 2.32. The van der Waals surface area contributed by atoms with Crippen LogP contribution >= 0.6 is 11.8 Å². The predicted molar refractivity (Wildman–Crippen MR) is 51.9 cm³/mol. The van der Waals surface area contributed by atoms with Gasteiger partial charge in [-0.25, -0.2) is 0 Å². The van der Waals surface area contributed by atoms with Gasteiger partial charge in [-0.2, -0.15) is 0 Å². The molecule has 2 aliphatic rings. The fourth-order valence-electron chi connectivity index (χ4n) is 1.66. The van der Waals surface area contributed by atoms with E-state index in [4.69, 9.17) is 0 Å². The number of thioether (sulfide) groups is 1. The smallest absolute Gasteiger partial charge is 0.0235 e. The lowest BCUT2D eigenvalue weighted by Gasteiger charge is -2.11. The molecule has 0 aromatic rings. The van der Waals surface area contributed by atoms with E-state index in [0.717, 1.165) is 10.5 Å². The number of hydrogen-bond donors (Lipinski definition) is 0. The van der Waals surface area contributed by atoms with Gasteiger partial charge in [0.15, 0.2) is 0 Å². The normalized spacial score (nSPS) is 35.3. The Morgan fingerprint density at radius 3 is 1.82 bits per heavy atom. The molecule has 0 fully saturated rings. The maximum atomic E-state index is 2.37. The average Bonchev–Trinajstić information content (AvgIpc) is 2.60. The molecule has 60 valence electrons. The van der Waals surface area contributed by atoms with Gasteiger partial charge in [-0.15, -0.1) is 11.8 Å². The highest BCUT2D eigenvalue weighted by molar-refractivity contribution is 8.00. The molecule has 2 atom stereocenters. The highest BCUT2D eigenvalue weighted by atomic mass is 32.2. The number of rotatable bonds is 2. The standard InChI is InChI=1S/C10H14S/c1-2-6-9(5-1)11-10-7-3-4-8-10/h1,3,5,7,9-10H,2,4,6,8H2. The Balaban J connectivity index is 1.80. The predicted octanol–water partition coefficient (Wildman–Crippen LogP) is 3.16. The Hall–Kier alpha value is -0.170. The molecule has 0 nitrogen and oxygen atoms in total. The molecule has 0 amide bonds. The van der Waals surface area contributed by atoms with E-state index in [9.17, 15) is 0 Å². The Kier molecular flexibility index (Phi) is 2.37. The van der Waals surface area contributed by atoms with Gasteiger partial charge >= 0.3 is 0 Å².